The molecule has 0 saturated heterocycles. The standard InChI is InChI=1S/C17H22N4O2/c1-11(16(22)19-12-7-3-2-4-8-12)18-17(23)15-13-9-5-6-10-14(13)20-21-15/h5-6,9-12H,2-4,7-8H2,1H3,(H,18,23)(H,19,22)(H,20,21). The van der Waals surface area contributed by atoms with E-state index in [1.54, 1.807) is 6.92 Å². The fourth-order valence-electron chi connectivity index (χ4n) is 3.04. The minimum atomic E-state index is -0.583. The lowest BCUT2D eigenvalue weighted by molar-refractivity contribution is -0.123. The van der Waals surface area contributed by atoms with Gasteiger partial charge in [-0.1, -0.05) is 37.5 Å². The van der Waals surface area contributed by atoms with Gasteiger partial charge in [0.05, 0.1) is 5.52 Å². The van der Waals surface area contributed by atoms with Crippen LogP contribution in [0.2, 0.25) is 0 Å². The first kappa shape index (κ1) is 15.5. The van der Waals surface area contributed by atoms with Gasteiger partial charge in [0, 0.05) is 11.4 Å². The Balaban J connectivity index is 1.61. The molecule has 1 aromatic carbocycles. The molecule has 1 atom stereocenters. The maximum atomic E-state index is 12.4. The smallest absolute Gasteiger partial charge is 0.273 e. The predicted molar refractivity (Wildman–Crippen MR) is 88.0 cm³/mol. The van der Waals surface area contributed by atoms with Crippen LogP contribution < -0.4 is 10.6 Å². The van der Waals surface area contributed by atoms with Crippen molar-refractivity contribution in [1.82, 2.24) is 20.8 Å². The molecule has 1 heterocycles. The molecule has 0 aliphatic heterocycles. The summed E-state index contributed by atoms with van der Waals surface area (Å²) in [6, 6.07) is 7.08. The average molecular weight is 314 g/mol. The lowest BCUT2D eigenvalue weighted by Gasteiger charge is -2.24. The number of fused-ring (bicyclic) bond motifs is 1. The largest absolute Gasteiger partial charge is 0.352 e. The van der Waals surface area contributed by atoms with Crippen molar-refractivity contribution in [1.29, 1.82) is 0 Å². The summed E-state index contributed by atoms with van der Waals surface area (Å²) >= 11 is 0. The number of amides is 2. The summed E-state index contributed by atoms with van der Waals surface area (Å²) in [5.74, 6) is -0.473. The van der Waals surface area contributed by atoms with Gasteiger partial charge >= 0.3 is 0 Å². The first-order valence-electron chi connectivity index (χ1n) is 8.19. The number of nitrogens with zero attached hydrogens (tertiary/aromatic N) is 1. The highest BCUT2D eigenvalue weighted by atomic mass is 16.2. The topological polar surface area (TPSA) is 86.9 Å². The van der Waals surface area contributed by atoms with Crippen LogP contribution in [0.1, 0.15) is 49.5 Å². The van der Waals surface area contributed by atoms with Crippen molar-refractivity contribution >= 4 is 22.7 Å². The van der Waals surface area contributed by atoms with Gasteiger partial charge in [-0.2, -0.15) is 5.10 Å². The van der Waals surface area contributed by atoms with Gasteiger partial charge in [0.25, 0.3) is 5.91 Å². The SMILES string of the molecule is CC(NC(=O)c1n[nH]c2ccccc12)C(=O)NC1CCCCC1. The highest BCUT2D eigenvalue weighted by Gasteiger charge is 2.22. The quantitative estimate of drug-likeness (QED) is 0.808. The van der Waals surface area contributed by atoms with Gasteiger partial charge in [0.15, 0.2) is 5.69 Å². The van der Waals surface area contributed by atoms with Crippen LogP contribution in [0.4, 0.5) is 0 Å². The summed E-state index contributed by atoms with van der Waals surface area (Å²) in [6.45, 7) is 1.70. The molecule has 0 spiro atoms. The number of benzene rings is 1. The number of aromatic amines is 1. The third kappa shape index (κ3) is 3.52. The Morgan fingerprint density at radius 2 is 1.96 bits per heavy atom. The third-order valence-corrected chi connectivity index (χ3v) is 4.38. The summed E-state index contributed by atoms with van der Waals surface area (Å²) in [6.07, 6.45) is 5.60. The number of carbonyl (C=O) groups excluding carboxylic acids is 2. The number of carbonyl (C=O) groups is 2. The highest BCUT2D eigenvalue weighted by Crippen LogP contribution is 2.17. The first-order chi connectivity index (χ1) is 11.1. The Labute approximate surface area is 135 Å². The van der Waals surface area contributed by atoms with E-state index in [4.69, 9.17) is 0 Å². The average Bonchev–Trinajstić information content (AvgIpc) is 2.99. The molecule has 0 radical (unpaired) electrons. The van der Waals surface area contributed by atoms with Crippen molar-refractivity contribution in [3.8, 4) is 0 Å². The maximum Gasteiger partial charge on any atom is 0.273 e. The minimum absolute atomic E-state index is 0.134. The molecule has 6 nitrogen and oxygen atoms in total. The summed E-state index contributed by atoms with van der Waals surface area (Å²) in [4.78, 5) is 24.6. The van der Waals surface area contributed by atoms with Crippen LogP contribution in [0.25, 0.3) is 10.9 Å². The lowest BCUT2D eigenvalue weighted by Crippen LogP contribution is -2.48. The van der Waals surface area contributed by atoms with Crippen LogP contribution in [0.15, 0.2) is 24.3 Å². The van der Waals surface area contributed by atoms with Crippen LogP contribution in [-0.2, 0) is 4.79 Å². The van der Waals surface area contributed by atoms with E-state index in [1.807, 2.05) is 24.3 Å². The Morgan fingerprint density at radius 3 is 2.74 bits per heavy atom. The second-order valence-electron chi connectivity index (χ2n) is 6.16. The Kier molecular flexibility index (Phi) is 4.60. The van der Waals surface area contributed by atoms with Gasteiger partial charge in [-0.15, -0.1) is 0 Å². The zero-order valence-corrected chi connectivity index (χ0v) is 13.3. The zero-order chi connectivity index (χ0) is 16.2. The van der Waals surface area contributed by atoms with Crippen LogP contribution in [-0.4, -0.2) is 34.1 Å². The predicted octanol–water partition coefficient (Wildman–Crippen LogP) is 2.13. The van der Waals surface area contributed by atoms with E-state index < -0.39 is 6.04 Å². The van der Waals surface area contributed by atoms with E-state index in [0.717, 1.165) is 36.6 Å². The van der Waals surface area contributed by atoms with Gasteiger partial charge < -0.3 is 10.6 Å². The normalized spacial score (nSPS) is 16.9. The van der Waals surface area contributed by atoms with Crippen LogP contribution in [0, 0.1) is 0 Å². The fraction of sp³-hybridized carbons (Fsp3) is 0.471. The Hall–Kier alpha value is -2.37. The molecular formula is C17H22N4O2. The molecule has 6 heteroatoms. The molecule has 23 heavy (non-hydrogen) atoms. The Bertz CT molecular complexity index is 703. The second-order valence-corrected chi connectivity index (χ2v) is 6.16. The summed E-state index contributed by atoms with van der Waals surface area (Å²) in [5, 5.41) is 13.4. The fourth-order valence-corrected chi connectivity index (χ4v) is 3.04. The number of aromatic nitrogens is 2. The number of para-hydroxylation sites is 1. The molecule has 2 amide bonds. The van der Waals surface area contributed by atoms with Gasteiger partial charge in [-0.05, 0) is 25.8 Å². The monoisotopic (exact) mass is 314 g/mol. The van der Waals surface area contributed by atoms with E-state index in [2.05, 4.69) is 20.8 Å². The molecule has 1 aliphatic carbocycles. The molecule has 2 aromatic rings. The van der Waals surface area contributed by atoms with Crippen molar-refractivity contribution in [3.05, 3.63) is 30.0 Å². The van der Waals surface area contributed by atoms with Gasteiger partial charge in [-0.25, -0.2) is 0 Å². The molecule has 3 N–H and O–H groups in total. The summed E-state index contributed by atoms with van der Waals surface area (Å²) in [5.41, 5.74) is 1.12. The number of H-pyrrole nitrogens is 1. The van der Waals surface area contributed by atoms with Crippen molar-refractivity contribution in [3.63, 3.8) is 0 Å². The first-order valence-corrected chi connectivity index (χ1v) is 8.19. The zero-order valence-electron chi connectivity index (χ0n) is 13.3. The highest BCUT2D eigenvalue weighted by molar-refractivity contribution is 6.05. The van der Waals surface area contributed by atoms with Crippen molar-refractivity contribution in [2.24, 2.45) is 0 Å². The lowest BCUT2D eigenvalue weighted by atomic mass is 9.95. The van der Waals surface area contributed by atoms with E-state index in [1.165, 1.54) is 6.42 Å². The van der Waals surface area contributed by atoms with Crippen LogP contribution in [0.5, 0.6) is 0 Å². The molecule has 1 saturated carbocycles. The molecule has 1 aliphatic rings. The number of hydrogen-bond acceptors (Lipinski definition) is 3. The Morgan fingerprint density at radius 1 is 1.22 bits per heavy atom. The van der Waals surface area contributed by atoms with Crippen molar-refractivity contribution in [2.45, 2.75) is 51.1 Å². The summed E-state index contributed by atoms with van der Waals surface area (Å²) in [7, 11) is 0. The van der Waals surface area contributed by atoms with Crippen molar-refractivity contribution in [2.75, 3.05) is 0 Å². The number of nitrogens with one attached hydrogen (secondary N) is 3. The molecule has 122 valence electrons. The molecule has 3 rings (SSSR count). The number of rotatable bonds is 4. The van der Waals surface area contributed by atoms with Crippen LogP contribution >= 0.6 is 0 Å². The second kappa shape index (κ2) is 6.81. The van der Waals surface area contributed by atoms with E-state index in [-0.39, 0.29) is 17.9 Å². The van der Waals surface area contributed by atoms with Crippen LogP contribution in [0.3, 0.4) is 0 Å². The third-order valence-electron chi connectivity index (χ3n) is 4.38. The van der Waals surface area contributed by atoms with Gasteiger partial charge in [0.2, 0.25) is 5.91 Å². The van der Waals surface area contributed by atoms with E-state index in [9.17, 15) is 9.59 Å². The van der Waals surface area contributed by atoms with E-state index in [0.29, 0.717) is 5.69 Å². The molecule has 1 unspecified atom stereocenters. The van der Waals surface area contributed by atoms with E-state index >= 15 is 0 Å². The number of hydrogen-bond donors (Lipinski definition) is 3. The molecule has 1 fully saturated rings. The summed E-state index contributed by atoms with van der Waals surface area (Å²) < 4.78 is 0. The molecular weight excluding hydrogens is 292 g/mol. The van der Waals surface area contributed by atoms with Crippen molar-refractivity contribution < 1.29 is 9.59 Å². The van der Waals surface area contributed by atoms with Gasteiger partial charge in [-0.3, -0.25) is 14.7 Å². The maximum absolute atomic E-state index is 12.4. The molecule has 1 aromatic heterocycles. The molecule has 0 bridgehead atoms. The van der Waals surface area contributed by atoms with Gasteiger partial charge in [0.1, 0.15) is 6.04 Å². The minimum Gasteiger partial charge on any atom is -0.352 e.